The Bertz CT molecular complexity index is 2040. The molecular weight excluding hydrogens is 772 g/mol. The van der Waals surface area contributed by atoms with E-state index < -0.39 is 102 Å². The lowest BCUT2D eigenvalue weighted by atomic mass is 9.71. The molecule has 7 rings (SSSR count). The first-order chi connectivity index (χ1) is 27.8. The highest BCUT2D eigenvalue weighted by Gasteiger charge is 2.52. The van der Waals surface area contributed by atoms with Crippen molar-refractivity contribution < 1.29 is 72.8 Å². The Balaban J connectivity index is 1.13. The molecule has 5 aliphatic rings. The predicted molar refractivity (Wildman–Crippen MR) is 204 cm³/mol. The molecule has 6 N–H and O–H groups in total. The van der Waals surface area contributed by atoms with Gasteiger partial charge in [0.25, 0.3) is 0 Å². The van der Waals surface area contributed by atoms with Gasteiger partial charge in [0.05, 0.1) is 41.2 Å². The average molecular weight is 825 g/mol. The quantitative estimate of drug-likeness (QED) is 0.195. The minimum Gasteiger partial charge on any atom is -0.507 e. The molecule has 0 amide bonds. The van der Waals surface area contributed by atoms with Crippen molar-refractivity contribution in [2.45, 2.75) is 140 Å². The third-order valence-electron chi connectivity index (χ3n) is 12.0. The number of ether oxygens (including phenoxy) is 7. The van der Waals surface area contributed by atoms with Gasteiger partial charge in [0.2, 0.25) is 5.78 Å². The smallest absolute Gasteiger partial charge is 0.303 e. The van der Waals surface area contributed by atoms with Gasteiger partial charge in [-0.1, -0.05) is 19.1 Å². The highest BCUT2D eigenvalue weighted by atomic mass is 16.7. The molecule has 0 unspecified atom stereocenters. The number of esters is 1. The highest BCUT2D eigenvalue weighted by molar-refractivity contribution is 6.30. The molecule has 2 saturated heterocycles. The van der Waals surface area contributed by atoms with Crippen LogP contribution in [0, 0.1) is 0 Å². The van der Waals surface area contributed by atoms with E-state index in [0.717, 1.165) is 0 Å². The van der Waals surface area contributed by atoms with Crippen molar-refractivity contribution in [1.29, 1.82) is 0 Å². The number of nitrogens with two attached hydrogens (primary N) is 1. The summed E-state index contributed by atoms with van der Waals surface area (Å²) >= 11 is 0. The van der Waals surface area contributed by atoms with Crippen LogP contribution in [0.3, 0.4) is 0 Å². The number of nitrogens with zero attached hydrogens (tertiary/aromatic N) is 1. The number of aromatic hydroxyl groups is 2. The monoisotopic (exact) mass is 824 g/mol. The maximum Gasteiger partial charge on any atom is 0.303 e. The standard InChI is InChI=1S/C42H52N2O15/c1-8-42(52)16-29(33-23(40(42)56-20(5)45)12-22-34(37(33)51)36(50)32-21(35(22)49)10-9-11-26(32)46)57-30-14-25(44(6)7)38(18(3)53-30)58-31-15-28(48)39(19(4)54-31)59-41-24(43)13-27(47)17(2)55-41/h9-13,17-19,25,28-31,38-41,46,48,51-52H,8,14-16,43H2,1-7H3/t17-,18-,19-,25-,28-,29-,30-,31-,38+,39+,40+,41-,42+/m0/s1. The van der Waals surface area contributed by atoms with Crippen LogP contribution in [0.25, 0.3) is 0 Å². The molecule has 320 valence electrons. The van der Waals surface area contributed by atoms with Gasteiger partial charge in [-0.3, -0.25) is 19.2 Å². The van der Waals surface area contributed by atoms with Crippen molar-refractivity contribution in [2.75, 3.05) is 14.1 Å². The fourth-order valence-corrected chi connectivity index (χ4v) is 8.92. The third-order valence-corrected chi connectivity index (χ3v) is 12.0. The summed E-state index contributed by atoms with van der Waals surface area (Å²) in [6, 6.07) is 5.09. The minimum absolute atomic E-state index is 0.0359. The van der Waals surface area contributed by atoms with E-state index in [1.807, 2.05) is 19.0 Å². The summed E-state index contributed by atoms with van der Waals surface area (Å²) in [5.41, 5.74) is 3.66. The molecule has 3 heterocycles. The molecule has 17 nitrogen and oxygen atoms in total. The molecule has 17 heteroatoms. The van der Waals surface area contributed by atoms with E-state index in [1.165, 1.54) is 37.3 Å². The second-order valence-electron chi connectivity index (χ2n) is 16.3. The van der Waals surface area contributed by atoms with E-state index >= 15 is 0 Å². The first-order valence-corrected chi connectivity index (χ1v) is 19.8. The van der Waals surface area contributed by atoms with Gasteiger partial charge in [0, 0.05) is 60.6 Å². The Hall–Kier alpha value is -4.30. The number of carbonyl (C=O) groups excluding carboxylic acids is 4. The van der Waals surface area contributed by atoms with Gasteiger partial charge < -0.3 is 64.2 Å². The molecule has 0 aromatic heterocycles. The van der Waals surface area contributed by atoms with Crippen LogP contribution in [0.1, 0.15) is 115 Å². The molecule has 13 atom stereocenters. The van der Waals surface area contributed by atoms with Crippen molar-refractivity contribution in [2.24, 2.45) is 5.73 Å². The summed E-state index contributed by atoms with van der Waals surface area (Å²) < 4.78 is 43.0. The number of phenolic OH excluding ortho intramolecular Hbond substituents is 2. The fourth-order valence-electron chi connectivity index (χ4n) is 8.92. The third kappa shape index (κ3) is 7.79. The summed E-state index contributed by atoms with van der Waals surface area (Å²) in [6.45, 7) is 7.97. The minimum atomic E-state index is -1.73. The van der Waals surface area contributed by atoms with E-state index in [2.05, 4.69) is 0 Å². The van der Waals surface area contributed by atoms with Crippen LogP contribution in [-0.2, 0) is 42.7 Å². The number of fused-ring (bicyclic) bond motifs is 3. The molecule has 0 saturated carbocycles. The van der Waals surface area contributed by atoms with Gasteiger partial charge in [-0.05, 0) is 53.4 Å². The van der Waals surface area contributed by atoms with Crippen molar-refractivity contribution in [1.82, 2.24) is 4.90 Å². The molecule has 0 bridgehead atoms. The Morgan fingerprint density at radius 3 is 2.25 bits per heavy atom. The SMILES string of the molecule is CC[C@@]1(O)C[C@H](O[C@H]2C[C@H](N(C)C)[C@H](O[C@H]3C[C@H](O)[C@H](O[C@@H]4O[C@@H](C)C(=O)C=C4N)[C@H](C)O3)[C@H](C)O2)c2c(cc3c(c2O)C(=O)c2c(O)cccc2C3=O)[C@H]1OC(C)=O. The van der Waals surface area contributed by atoms with E-state index in [1.54, 1.807) is 27.7 Å². The Morgan fingerprint density at radius 1 is 0.932 bits per heavy atom. The van der Waals surface area contributed by atoms with Crippen LogP contribution < -0.4 is 5.73 Å². The van der Waals surface area contributed by atoms with Crippen molar-refractivity contribution >= 4 is 23.3 Å². The number of benzene rings is 2. The average Bonchev–Trinajstić information content (AvgIpc) is 3.16. The molecule has 2 aliphatic carbocycles. The predicted octanol–water partition coefficient (Wildman–Crippen LogP) is 2.57. The van der Waals surface area contributed by atoms with Gasteiger partial charge in [-0.15, -0.1) is 0 Å². The van der Waals surface area contributed by atoms with Crippen LogP contribution in [0.15, 0.2) is 36.0 Å². The molecule has 0 spiro atoms. The largest absolute Gasteiger partial charge is 0.507 e. The molecular formula is C42H52N2O15. The van der Waals surface area contributed by atoms with Gasteiger partial charge in [0.1, 0.15) is 35.4 Å². The number of rotatable bonds is 9. The lowest BCUT2D eigenvalue weighted by Gasteiger charge is -2.48. The number of likely N-dealkylation sites (N-methyl/N-ethyl adjacent to an activating group) is 1. The molecule has 2 fully saturated rings. The molecule has 3 aliphatic heterocycles. The van der Waals surface area contributed by atoms with E-state index in [-0.39, 0.29) is 76.6 Å². The summed E-state index contributed by atoms with van der Waals surface area (Å²) in [4.78, 5) is 54.1. The first kappa shape index (κ1) is 42.8. The second kappa shape index (κ2) is 16.3. The lowest BCUT2D eigenvalue weighted by Crippen LogP contribution is -2.58. The maximum atomic E-state index is 13.9. The Morgan fingerprint density at radius 2 is 1.61 bits per heavy atom. The maximum absolute atomic E-state index is 13.9. The summed E-state index contributed by atoms with van der Waals surface area (Å²) in [5.74, 6) is -3.44. The summed E-state index contributed by atoms with van der Waals surface area (Å²) in [6.07, 6.45) is -8.48. The molecule has 2 aromatic rings. The van der Waals surface area contributed by atoms with Crippen LogP contribution in [0.4, 0.5) is 0 Å². The molecule has 0 radical (unpaired) electrons. The number of carbonyl (C=O) groups is 4. The first-order valence-electron chi connectivity index (χ1n) is 19.8. The summed E-state index contributed by atoms with van der Waals surface area (Å²) in [7, 11) is 3.72. The zero-order valence-corrected chi connectivity index (χ0v) is 33.9. The fraction of sp³-hybridized carbons (Fsp3) is 0.571. The van der Waals surface area contributed by atoms with Gasteiger partial charge in [0.15, 0.2) is 36.5 Å². The Labute approximate surface area is 340 Å². The molecule has 2 aromatic carbocycles. The van der Waals surface area contributed by atoms with Gasteiger partial charge >= 0.3 is 5.97 Å². The normalized spacial score (nSPS) is 35.8. The van der Waals surface area contributed by atoms with Crippen LogP contribution >= 0.6 is 0 Å². The summed E-state index contributed by atoms with van der Waals surface area (Å²) in [5, 5.41) is 45.9. The van der Waals surface area contributed by atoms with E-state index in [4.69, 9.17) is 38.9 Å². The van der Waals surface area contributed by atoms with Gasteiger partial charge in [-0.25, -0.2) is 0 Å². The van der Waals surface area contributed by atoms with Crippen molar-refractivity contribution in [3.05, 3.63) is 69.4 Å². The van der Waals surface area contributed by atoms with Gasteiger partial charge in [-0.2, -0.15) is 0 Å². The zero-order chi connectivity index (χ0) is 42.8. The lowest BCUT2D eigenvalue weighted by molar-refractivity contribution is -0.321. The van der Waals surface area contributed by atoms with Crippen LogP contribution in [-0.4, -0.2) is 130 Å². The Kier molecular flexibility index (Phi) is 11.8. The van der Waals surface area contributed by atoms with E-state index in [9.17, 15) is 39.6 Å². The van der Waals surface area contributed by atoms with Crippen LogP contribution in [0.2, 0.25) is 0 Å². The number of phenols is 2. The van der Waals surface area contributed by atoms with Crippen LogP contribution in [0.5, 0.6) is 11.5 Å². The number of ketones is 3. The molecule has 59 heavy (non-hydrogen) atoms. The highest BCUT2D eigenvalue weighted by Crippen LogP contribution is 2.54. The zero-order valence-electron chi connectivity index (χ0n) is 33.9. The number of hydrogen-bond donors (Lipinski definition) is 5. The van der Waals surface area contributed by atoms with E-state index in [0.29, 0.717) is 0 Å². The number of aliphatic hydroxyl groups excluding tert-OH is 1. The number of hydrogen-bond acceptors (Lipinski definition) is 17. The topological polar surface area (TPSA) is 243 Å². The van der Waals surface area contributed by atoms with Crippen molar-refractivity contribution in [3.8, 4) is 11.5 Å². The second-order valence-corrected chi connectivity index (χ2v) is 16.3. The van der Waals surface area contributed by atoms with Crippen molar-refractivity contribution in [3.63, 3.8) is 0 Å². The number of aliphatic hydroxyl groups is 2.